The average molecular weight is 439 g/mol. The number of carbonyl (C=O) groups is 1. The zero-order valence-corrected chi connectivity index (χ0v) is 16.8. The molecule has 142 valence electrons. The average Bonchev–Trinajstić information content (AvgIpc) is 3.34. The molecule has 0 bridgehead atoms. The van der Waals surface area contributed by atoms with Gasteiger partial charge in [0.25, 0.3) is 5.91 Å². The van der Waals surface area contributed by atoms with E-state index in [1.54, 1.807) is 12.3 Å². The largest absolute Gasteiger partial charge is 0.490 e. The molecular weight excluding hydrogens is 420 g/mol. The van der Waals surface area contributed by atoms with Gasteiger partial charge in [-0.3, -0.25) is 4.79 Å². The minimum Gasteiger partial charge on any atom is -0.490 e. The van der Waals surface area contributed by atoms with Gasteiger partial charge in [-0.25, -0.2) is 9.97 Å². The van der Waals surface area contributed by atoms with Gasteiger partial charge in [0.05, 0.1) is 29.5 Å². The lowest BCUT2D eigenvalue weighted by atomic mass is 10.0. The number of nitrogens with zero attached hydrogens (tertiary/aromatic N) is 4. The number of ether oxygens (including phenoxy) is 1. The van der Waals surface area contributed by atoms with E-state index in [0.29, 0.717) is 35.5 Å². The van der Waals surface area contributed by atoms with Gasteiger partial charge in [0.15, 0.2) is 0 Å². The minimum absolute atomic E-state index is 0.0795. The summed E-state index contributed by atoms with van der Waals surface area (Å²) in [6.07, 6.45) is 7.47. The fourth-order valence-electron chi connectivity index (χ4n) is 5.07. The Balaban J connectivity index is 1.21. The Morgan fingerprint density at radius 2 is 2.00 bits per heavy atom. The van der Waals surface area contributed by atoms with Crippen LogP contribution in [0.1, 0.15) is 47.3 Å². The molecule has 5 rings (SSSR count). The lowest BCUT2D eigenvalue weighted by molar-refractivity contribution is 0.0692. The number of aromatic nitrogens is 2. The molecule has 2 saturated carbocycles. The zero-order valence-electron chi connectivity index (χ0n) is 15.2. The first-order valence-electron chi connectivity index (χ1n) is 9.58. The topological polar surface area (TPSA) is 79.1 Å². The van der Waals surface area contributed by atoms with Gasteiger partial charge in [-0.05, 0) is 71.6 Å². The Bertz CT molecular complexity index is 975. The highest BCUT2D eigenvalue weighted by atomic mass is 79.9. The van der Waals surface area contributed by atoms with Crippen molar-refractivity contribution in [2.75, 3.05) is 0 Å². The van der Waals surface area contributed by atoms with Crippen LogP contribution in [0.15, 0.2) is 35.2 Å². The summed E-state index contributed by atoms with van der Waals surface area (Å²) in [6, 6.07) is 7.96. The first kappa shape index (κ1) is 17.6. The maximum absolute atomic E-state index is 12.7. The molecule has 0 radical (unpaired) electrons. The fraction of sp³-hybridized carbons (Fsp3) is 0.429. The van der Waals surface area contributed by atoms with E-state index in [1.807, 2.05) is 17.0 Å². The highest BCUT2D eigenvalue weighted by molar-refractivity contribution is 9.10. The smallest absolute Gasteiger partial charge is 0.257 e. The molecule has 6 nitrogen and oxygen atoms in total. The van der Waals surface area contributed by atoms with Gasteiger partial charge in [0.2, 0.25) is 0 Å². The molecule has 1 aliphatic heterocycles. The molecule has 2 unspecified atom stereocenters. The van der Waals surface area contributed by atoms with Crippen LogP contribution >= 0.6 is 15.9 Å². The van der Waals surface area contributed by atoms with E-state index in [1.165, 1.54) is 6.33 Å². The molecule has 3 aliphatic rings. The van der Waals surface area contributed by atoms with Crippen molar-refractivity contribution in [3.05, 3.63) is 52.0 Å². The van der Waals surface area contributed by atoms with Crippen molar-refractivity contribution in [2.24, 2.45) is 11.8 Å². The SMILES string of the molecule is N#Cc1ccc(OC2CC3CC(N4Cc5ncncc5C4=O)CC3C2)cc1Br. The van der Waals surface area contributed by atoms with Crippen LogP contribution in [0.5, 0.6) is 5.75 Å². The summed E-state index contributed by atoms with van der Waals surface area (Å²) in [7, 11) is 0. The molecular formula is C21H19BrN4O2. The monoisotopic (exact) mass is 438 g/mol. The van der Waals surface area contributed by atoms with Gasteiger partial charge in [-0.1, -0.05) is 0 Å². The van der Waals surface area contributed by atoms with Crippen LogP contribution < -0.4 is 4.74 Å². The van der Waals surface area contributed by atoms with Crippen LogP contribution in [-0.2, 0) is 6.54 Å². The molecule has 2 atom stereocenters. The van der Waals surface area contributed by atoms with Crippen LogP contribution in [0, 0.1) is 23.2 Å². The van der Waals surface area contributed by atoms with Crippen molar-refractivity contribution in [3.63, 3.8) is 0 Å². The summed E-state index contributed by atoms with van der Waals surface area (Å²) in [5, 5.41) is 9.04. The lowest BCUT2D eigenvalue weighted by Crippen LogP contribution is -2.34. The van der Waals surface area contributed by atoms with Crippen molar-refractivity contribution < 1.29 is 9.53 Å². The van der Waals surface area contributed by atoms with Gasteiger partial charge in [0.1, 0.15) is 18.1 Å². The van der Waals surface area contributed by atoms with Crippen molar-refractivity contribution in [2.45, 2.75) is 44.4 Å². The standard InChI is InChI=1S/C21H19BrN4O2/c22-19-7-16(2-1-12(19)8-23)28-17-5-13-3-15(4-14(13)6-17)26-10-20-18(21(26)27)9-24-11-25-20/h1-2,7,9,11,13-15,17H,3-6,10H2. The second-order valence-electron chi connectivity index (χ2n) is 7.93. The van der Waals surface area contributed by atoms with Crippen molar-refractivity contribution in [3.8, 4) is 11.8 Å². The number of benzene rings is 1. The third-order valence-corrected chi connectivity index (χ3v) is 7.01. The molecule has 0 spiro atoms. The van der Waals surface area contributed by atoms with E-state index in [2.05, 4.69) is 32.0 Å². The molecule has 7 heteroatoms. The number of fused-ring (bicyclic) bond motifs is 2. The van der Waals surface area contributed by atoms with Crippen molar-refractivity contribution in [1.29, 1.82) is 5.26 Å². The maximum atomic E-state index is 12.7. The van der Waals surface area contributed by atoms with Crippen LogP contribution in [0.4, 0.5) is 0 Å². The third-order valence-electron chi connectivity index (χ3n) is 6.36. The normalized spacial score (nSPS) is 28.1. The number of nitriles is 1. The molecule has 2 aliphatic carbocycles. The molecule has 0 N–H and O–H groups in total. The summed E-state index contributed by atoms with van der Waals surface area (Å²) >= 11 is 3.42. The number of hydrogen-bond acceptors (Lipinski definition) is 5. The van der Waals surface area contributed by atoms with E-state index in [0.717, 1.165) is 41.6 Å². The van der Waals surface area contributed by atoms with Crippen LogP contribution in [-0.4, -0.2) is 32.9 Å². The van der Waals surface area contributed by atoms with Gasteiger partial charge in [0, 0.05) is 16.7 Å². The third kappa shape index (κ3) is 2.96. The number of halogens is 1. The van der Waals surface area contributed by atoms with Gasteiger partial charge < -0.3 is 9.64 Å². The predicted octanol–water partition coefficient (Wildman–Crippen LogP) is 3.70. The Morgan fingerprint density at radius 1 is 1.21 bits per heavy atom. The highest BCUT2D eigenvalue weighted by Gasteiger charge is 2.46. The van der Waals surface area contributed by atoms with Gasteiger partial charge in [-0.15, -0.1) is 0 Å². The first-order valence-corrected chi connectivity index (χ1v) is 10.4. The first-order chi connectivity index (χ1) is 13.6. The predicted molar refractivity (Wildman–Crippen MR) is 104 cm³/mol. The molecule has 2 heterocycles. The second kappa shape index (κ2) is 6.85. The van der Waals surface area contributed by atoms with E-state index >= 15 is 0 Å². The van der Waals surface area contributed by atoms with Crippen molar-refractivity contribution >= 4 is 21.8 Å². The van der Waals surface area contributed by atoms with Crippen LogP contribution in [0.2, 0.25) is 0 Å². The quantitative estimate of drug-likeness (QED) is 0.729. The van der Waals surface area contributed by atoms with Crippen LogP contribution in [0.3, 0.4) is 0 Å². The summed E-state index contributed by atoms with van der Waals surface area (Å²) in [6.45, 7) is 0.611. The summed E-state index contributed by atoms with van der Waals surface area (Å²) in [4.78, 5) is 22.9. The Hall–Kier alpha value is -2.46. The number of amides is 1. The summed E-state index contributed by atoms with van der Waals surface area (Å²) in [5.74, 6) is 2.07. The maximum Gasteiger partial charge on any atom is 0.257 e. The van der Waals surface area contributed by atoms with Gasteiger partial charge in [-0.2, -0.15) is 5.26 Å². The Labute approximate surface area is 171 Å². The highest BCUT2D eigenvalue weighted by Crippen LogP contribution is 2.47. The Morgan fingerprint density at radius 3 is 2.68 bits per heavy atom. The molecule has 1 aromatic carbocycles. The molecule has 1 aromatic heterocycles. The van der Waals surface area contributed by atoms with Gasteiger partial charge >= 0.3 is 0 Å². The molecule has 1 amide bonds. The number of carbonyl (C=O) groups excluding carboxylic acids is 1. The fourth-order valence-corrected chi connectivity index (χ4v) is 5.52. The lowest BCUT2D eigenvalue weighted by Gasteiger charge is -2.25. The van der Waals surface area contributed by atoms with Crippen molar-refractivity contribution in [1.82, 2.24) is 14.9 Å². The summed E-state index contributed by atoms with van der Waals surface area (Å²) < 4.78 is 6.95. The Kier molecular flexibility index (Phi) is 4.31. The minimum atomic E-state index is 0.0795. The van der Waals surface area contributed by atoms with Crippen LogP contribution in [0.25, 0.3) is 0 Å². The van der Waals surface area contributed by atoms with E-state index in [4.69, 9.17) is 10.00 Å². The number of hydrogen-bond donors (Lipinski definition) is 0. The van der Waals surface area contributed by atoms with E-state index < -0.39 is 0 Å². The van der Waals surface area contributed by atoms with E-state index in [9.17, 15) is 4.79 Å². The summed E-state index contributed by atoms with van der Waals surface area (Å²) in [5.41, 5.74) is 2.12. The molecule has 2 aromatic rings. The molecule has 2 fully saturated rings. The zero-order chi connectivity index (χ0) is 19.3. The molecule has 28 heavy (non-hydrogen) atoms. The number of rotatable bonds is 3. The second-order valence-corrected chi connectivity index (χ2v) is 8.78. The molecule has 0 saturated heterocycles. The van der Waals surface area contributed by atoms with E-state index in [-0.39, 0.29) is 12.0 Å².